The van der Waals surface area contributed by atoms with Gasteiger partial charge in [-0.3, -0.25) is 9.59 Å². The van der Waals surface area contributed by atoms with E-state index in [1.807, 2.05) is 6.92 Å². The summed E-state index contributed by atoms with van der Waals surface area (Å²) in [5.41, 5.74) is 6.41. The van der Waals surface area contributed by atoms with Crippen LogP contribution in [0.4, 0.5) is 5.69 Å². The molecule has 0 bridgehead atoms. The molecule has 104 valence electrons. The van der Waals surface area contributed by atoms with Gasteiger partial charge < -0.3 is 21.1 Å². The average Bonchev–Trinajstić information content (AvgIpc) is 2.37. The number of nitrogens with one attached hydrogen (secondary N) is 2. The predicted molar refractivity (Wildman–Crippen MR) is 73.8 cm³/mol. The fraction of sp³-hybridized carbons (Fsp3) is 0.333. The molecular weight excluding hydrogens is 270 g/mol. The van der Waals surface area contributed by atoms with Crippen LogP contribution >= 0.6 is 12.4 Å². The standard InChI is InChI=1S/C12H15N3O3.ClH/c1-7(5-13)14-12(17)8-2-3-10-9(4-8)15-11(16)6-18-10;/h2-4,7H,5-6,13H2,1H3,(H,14,17)(H,15,16);1H/t7-;/m0./s1. The van der Waals surface area contributed by atoms with E-state index in [4.69, 9.17) is 10.5 Å². The van der Waals surface area contributed by atoms with Crippen LogP contribution in [0, 0.1) is 0 Å². The number of nitrogens with two attached hydrogens (primary N) is 1. The second kappa shape index (κ2) is 6.40. The molecule has 7 heteroatoms. The highest BCUT2D eigenvalue weighted by molar-refractivity contribution is 5.99. The van der Waals surface area contributed by atoms with Crippen molar-refractivity contribution in [3.63, 3.8) is 0 Å². The van der Waals surface area contributed by atoms with E-state index < -0.39 is 0 Å². The monoisotopic (exact) mass is 285 g/mol. The first-order valence-corrected chi connectivity index (χ1v) is 5.68. The number of carbonyl (C=O) groups excluding carboxylic acids is 2. The Balaban J connectivity index is 0.00000180. The van der Waals surface area contributed by atoms with E-state index in [9.17, 15) is 9.59 Å². The van der Waals surface area contributed by atoms with Crippen LogP contribution in [-0.4, -0.2) is 31.0 Å². The van der Waals surface area contributed by atoms with Crippen LogP contribution in [0.5, 0.6) is 5.75 Å². The lowest BCUT2D eigenvalue weighted by Crippen LogP contribution is -2.37. The summed E-state index contributed by atoms with van der Waals surface area (Å²) < 4.78 is 5.21. The van der Waals surface area contributed by atoms with E-state index in [2.05, 4.69) is 10.6 Å². The Bertz CT molecular complexity index is 493. The molecule has 2 rings (SSSR count). The maximum Gasteiger partial charge on any atom is 0.262 e. The molecule has 1 heterocycles. The zero-order chi connectivity index (χ0) is 13.1. The van der Waals surface area contributed by atoms with Crippen molar-refractivity contribution in [1.29, 1.82) is 0 Å². The number of benzene rings is 1. The molecule has 6 nitrogen and oxygen atoms in total. The van der Waals surface area contributed by atoms with Gasteiger partial charge in [0.05, 0.1) is 5.69 Å². The van der Waals surface area contributed by atoms with Crippen LogP contribution in [-0.2, 0) is 4.79 Å². The molecule has 0 aliphatic carbocycles. The van der Waals surface area contributed by atoms with Gasteiger partial charge >= 0.3 is 0 Å². The number of carbonyl (C=O) groups is 2. The van der Waals surface area contributed by atoms with Gasteiger partial charge in [-0.2, -0.15) is 0 Å². The fourth-order valence-electron chi connectivity index (χ4n) is 1.59. The van der Waals surface area contributed by atoms with Crippen molar-refractivity contribution in [2.75, 3.05) is 18.5 Å². The molecular formula is C12H16ClN3O3. The Kier molecular flexibility index (Phi) is 5.14. The first-order chi connectivity index (χ1) is 8.60. The minimum absolute atomic E-state index is 0. The van der Waals surface area contributed by atoms with Gasteiger partial charge in [0.25, 0.3) is 11.8 Å². The van der Waals surface area contributed by atoms with Crippen LogP contribution in [0.15, 0.2) is 18.2 Å². The maximum atomic E-state index is 11.9. The van der Waals surface area contributed by atoms with E-state index in [0.717, 1.165) is 0 Å². The highest BCUT2D eigenvalue weighted by atomic mass is 35.5. The highest BCUT2D eigenvalue weighted by Crippen LogP contribution is 2.28. The van der Waals surface area contributed by atoms with Gasteiger partial charge in [-0.1, -0.05) is 0 Å². The van der Waals surface area contributed by atoms with Crippen LogP contribution in [0.1, 0.15) is 17.3 Å². The van der Waals surface area contributed by atoms with Crippen LogP contribution in [0.2, 0.25) is 0 Å². The van der Waals surface area contributed by atoms with Crippen LogP contribution < -0.4 is 21.1 Å². The second-order valence-electron chi connectivity index (χ2n) is 4.16. The van der Waals surface area contributed by atoms with Crippen molar-refractivity contribution < 1.29 is 14.3 Å². The minimum atomic E-state index is -0.226. The molecule has 2 amide bonds. The SMILES string of the molecule is C[C@@H](CN)NC(=O)c1ccc2c(c1)NC(=O)CO2.Cl. The third-order valence-electron chi connectivity index (χ3n) is 2.61. The van der Waals surface area contributed by atoms with Crippen molar-refractivity contribution in [2.45, 2.75) is 13.0 Å². The lowest BCUT2D eigenvalue weighted by atomic mass is 10.1. The normalized spacial score (nSPS) is 14.3. The van der Waals surface area contributed by atoms with E-state index in [0.29, 0.717) is 23.5 Å². The fourth-order valence-corrected chi connectivity index (χ4v) is 1.59. The molecule has 4 N–H and O–H groups in total. The quantitative estimate of drug-likeness (QED) is 0.754. The minimum Gasteiger partial charge on any atom is -0.482 e. The van der Waals surface area contributed by atoms with E-state index in [1.165, 1.54) is 0 Å². The van der Waals surface area contributed by atoms with Crippen molar-refractivity contribution in [3.8, 4) is 5.75 Å². The largest absolute Gasteiger partial charge is 0.482 e. The molecule has 1 aromatic rings. The molecule has 0 saturated heterocycles. The number of hydrogen-bond donors (Lipinski definition) is 3. The van der Waals surface area contributed by atoms with E-state index >= 15 is 0 Å². The van der Waals surface area contributed by atoms with E-state index in [1.54, 1.807) is 18.2 Å². The first kappa shape index (κ1) is 15.3. The number of amides is 2. The molecule has 0 spiro atoms. The van der Waals surface area contributed by atoms with Gasteiger partial charge in [0, 0.05) is 18.2 Å². The molecule has 1 aromatic carbocycles. The Labute approximate surface area is 117 Å². The van der Waals surface area contributed by atoms with Crippen molar-refractivity contribution in [1.82, 2.24) is 5.32 Å². The lowest BCUT2D eigenvalue weighted by molar-refractivity contribution is -0.118. The smallest absolute Gasteiger partial charge is 0.262 e. The van der Waals surface area contributed by atoms with Crippen molar-refractivity contribution in [2.24, 2.45) is 5.73 Å². The van der Waals surface area contributed by atoms with Crippen LogP contribution in [0.3, 0.4) is 0 Å². The summed E-state index contributed by atoms with van der Waals surface area (Å²) in [5.74, 6) is 0.115. The molecule has 0 unspecified atom stereocenters. The summed E-state index contributed by atoms with van der Waals surface area (Å²) in [7, 11) is 0. The summed E-state index contributed by atoms with van der Waals surface area (Å²) in [6.45, 7) is 2.19. The molecule has 0 fully saturated rings. The van der Waals surface area contributed by atoms with E-state index in [-0.39, 0.29) is 36.9 Å². The third kappa shape index (κ3) is 3.59. The number of halogens is 1. The molecule has 0 radical (unpaired) electrons. The molecule has 1 atom stereocenters. The van der Waals surface area contributed by atoms with Crippen LogP contribution in [0.25, 0.3) is 0 Å². The third-order valence-corrected chi connectivity index (χ3v) is 2.61. The van der Waals surface area contributed by atoms with Gasteiger partial charge in [0.1, 0.15) is 5.75 Å². The maximum absolute atomic E-state index is 11.9. The number of ether oxygens (including phenoxy) is 1. The first-order valence-electron chi connectivity index (χ1n) is 5.68. The van der Waals surface area contributed by atoms with Crippen molar-refractivity contribution >= 4 is 29.9 Å². The Morgan fingerprint density at radius 3 is 3.00 bits per heavy atom. The summed E-state index contributed by atoms with van der Waals surface area (Å²) in [6.07, 6.45) is 0. The molecule has 1 aliphatic rings. The number of hydrogen-bond acceptors (Lipinski definition) is 4. The van der Waals surface area contributed by atoms with Gasteiger partial charge in [-0.05, 0) is 25.1 Å². The second-order valence-corrected chi connectivity index (χ2v) is 4.16. The van der Waals surface area contributed by atoms with Gasteiger partial charge in [-0.15, -0.1) is 12.4 Å². The number of fused-ring (bicyclic) bond motifs is 1. The summed E-state index contributed by atoms with van der Waals surface area (Å²) >= 11 is 0. The van der Waals surface area contributed by atoms with Gasteiger partial charge in [0.15, 0.2) is 6.61 Å². The summed E-state index contributed by atoms with van der Waals surface area (Å²) in [4.78, 5) is 23.0. The summed E-state index contributed by atoms with van der Waals surface area (Å²) in [6, 6.07) is 4.80. The van der Waals surface area contributed by atoms with Crippen molar-refractivity contribution in [3.05, 3.63) is 23.8 Å². The Hall–Kier alpha value is -1.79. The number of rotatable bonds is 3. The molecule has 19 heavy (non-hydrogen) atoms. The average molecular weight is 286 g/mol. The number of anilines is 1. The molecule has 0 saturated carbocycles. The zero-order valence-corrected chi connectivity index (χ0v) is 11.3. The Morgan fingerprint density at radius 1 is 1.58 bits per heavy atom. The molecule has 1 aliphatic heterocycles. The van der Waals surface area contributed by atoms with Gasteiger partial charge in [-0.25, -0.2) is 0 Å². The highest BCUT2D eigenvalue weighted by Gasteiger charge is 2.18. The topological polar surface area (TPSA) is 93.5 Å². The Morgan fingerprint density at radius 2 is 2.32 bits per heavy atom. The van der Waals surface area contributed by atoms with Gasteiger partial charge in [0.2, 0.25) is 0 Å². The predicted octanol–water partition coefficient (Wildman–Crippen LogP) is 0.516. The lowest BCUT2D eigenvalue weighted by Gasteiger charge is -2.18. The molecule has 0 aromatic heterocycles. The zero-order valence-electron chi connectivity index (χ0n) is 10.4. The summed E-state index contributed by atoms with van der Waals surface area (Å²) in [5, 5.41) is 5.40.